The third-order valence-corrected chi connectivity index (χ3v) is 1.13. The van der Waals surface area contributed by atoms with Crippen LogP contribution in [0.25, 0.3) is 5.32 Å². The van der Waals surface area contributed by atoms with Gasteiger partial charge in [-0.1, -0.05) is 19.5 Å². The Morgan fingerprint density at radius 2 is 2.44 bits per heavy atom. The molecular weight excluding hydrogens is 284 g/mol. The second-order valence-electron chi connectivity index (χ2n) is 1.78. The van der Waals surface area contributed by atoms with Crippen molar-refractivity contribution in [3.63, 3.8) is 0 Å². The Kier molecular flexibility index (Phi) is 5.07. The Bertz CT molecular complexity index is 101. The van der Waals surface area contributed by atoms with E-state index in [-0.39, 0.29) is 21.1 Å². The van der Waals surface area contributed by atoms with Gasteiger partial charge in [-0.2, -0.15) is 6.42 Å². The van der Waals surface area contributed by atoms with Crippen molar-refractivity contribution in [2.45, 2.75) is 12.8 Å². The molecule has 9 heavy (non-hydrogen) atoms. The van der Waals surface area contributed by atoms with Crippen LogP contribution in [0.4, 0.5) is 0 Å². The molecule has 0 saturated carbocycles. The van der Waals surface area contributed by atoms with Gasteiger partial charge in [-0.3, -0.25) is 0 Å². The predicted molar refractivity (Wildman–Crippen MR) is 35.1 cm³/mol. The van der Waals surface area contributed by atoms with Crippen LogP contribution >= 0.6 is 0 Å². The molecule has 1 heterocycles. The van der Waals surface area contributed by atoms with Gasteiger partial charge in [0.1, 0.15) is 0 Å². The fraction of sp³-hybridized carbons (Fsp3) is 0.667. The van der Waals surface area contributed by atoms with Gasteiger partial charge in [0.05, 0.1) is 0 Å². The number of nitrogens with zero attached hydrogens (tertiary/aromatic N) is 2. The molecule has 2 nitrogen and oxygen atoms in total. The van der Waals surface area contributed by atoms with E-state index in [4.69, 9.17) is 0 Å². The molecule has 0 saturated heterocycles. The molecular formula is C6H10N2W. The largest absolute Gasteiger partial charge is 2.00 e. The van der Waals surface area contributed by atoms with Crippen LogP contribution in [0.1, 0.15) is 12.8 Å². The van der Waals surface area contributed by atoms with E-state index in [0.29, 0.717) is 0 Å². The molecule has 0 radical (unpaired) electrons. The predicted octanol–water partition coefficient (Wildman–Crippen LogP) is 1.38. The average molecular weight is 294 g/mol. The monoisotopic (exact) mass is 294 g/mol. The summed E-state index contributed by atoms with van der Waals surface area (Å²) in [5.41, 5.74) is 0. The van der Waals surface area contributed by atoms with Crippen molar-refractivity contribution < 1.29 is 21.1 Å². The fourth-order valence-corrected chi connectivity index (χ4v) is 0.695. The van der Waals surface area contributed by atoms with Gasteiger partial charge in [-0.25, -0.2) is 0 Å². The zero-order valence-electron chi connectivity index (χ0n) is 5.34. The summed E-state index contributed by atoms with van der Waals surface area (Å²) in [5, 5.41) is 4.14. The molecule has 1 aliphatic heterocycles. The van der Waals surface area contributed by atoms with Crippen LogP contribution in [0.5, 0.6) is 0 Å². The summed E-state index contributed by atoms with van der Waals surface area (Å²) < 4.78 is 0. The second kappa shape index (κ2) is 4.98. The molecule has 50 valence electrons. The van der Waals surface area contributed by atoms with E-state index < -0.39 is 0 Å². The summed E-state index contributed by atoms with van der Waals surface area (Å²) in [4.78, 5) is 4.14. The van der Waals surface area contributed by atoms with Crippen molar-refractivity contribution >= 4 is 5.84 Å². The molecule has 3 heteroatoms. The van der Waals surface area contributed by atoms with Gasteiger partial charge in [0.25, 0.3) is 0 Å². The summed E-state index contributed by atoms with van der Waals surface area (Å²) in [6.07, 6.45) is 1.86. The van der Waals surface area contributed by atoms with Crippen LogP contribution < -0.4 is 0 Å². The maximum Gasteiger partial charge on any atom is 2.00 e. The van der Waals surface area contributed by atoms with E-state index in [2.05, 4.69) is 17.2 Å². The molecule has 0 aromatic heterocycles. The first-order chi connectivity index (χ1) is 3.93. The molecule has 0 spiro atoms. The summed E-state index contributed by atoms with van der Waals surface area (Å²) in [6, 6.07) is 0. The zero-order valence-corrected chi connectivity index (χ0v) is 8.27. The third kappa shape index (κ3) is 3.00. The topological polar surface area (TPSA) is 26.5 Å². The number of rotatable bonds is 1. The van der Waals surface area contributed by atoms with Gasteiger partial charge in [-0.05, 0) is 0 Å². The first kappa shape index (κ1) is 9.16. The maximum absolute atomic E-state index is 4.14. The van der Waals surface area contributed by atoms with Crippen molar-refractivity contribution in [3.05, 3.63) is 12.2 Å². The number of amidine groups is 1. The second-order valence-corrected chi connectivity index (χ2v) is 1.78. The molecule has 0 unspecified atom stereocenters. The van der Waals surface area contributed by atoms with Gasteiger partial charge in [0.15, 0.2) is 0 Å². The van der Waals surface area contributed by atoms with E-state index in [0.717, 1.165) is 31.8 Å². The van der Waals surface area contributed by atoms with E-state index in [1.54, 1.807) is 0 Å². The number of aliphatic imine (C=N–C) groups is 1. The summed E-state index contributed by atoms with van der Waals surface area (Å²) in [6.45, 7) is 5.59. The first-order valence-electron chi connectivity index (χ1n) is 2.93. The van der Waals surface area contributed by atoms with Gasteiger partial charge < -0.3 is 17.2 Å². The Hall–Kier alpha value is 0.158. The molecule has 0 N–H and O–H groups in total. The van der Waals surface area contributed by atoms with Crippen LogP contribution in [0.2, 0.25) is 0 Å². The van der Waals surface area contributed by atoms with Crippen LogP contribution in [0, 0.1) is 6.92 Å². The van der Waals surface area contributed by atoms with Crippen molar-refractivity contribution in [1.82, 2.24) is 0 Å². The molecule has 0 atom stereocenters. The van der Waals surface area contributed by atoms with Crippen molar-refractivity contribution in [2.24, 2.45) is 4.99 Å². The van der Waals surface area contributed by atoms with Crippen LogP contribution in [0.15, 0.2) is 4.99 Å². The zero-order chi connectivity index (χ0) is 5.82. The summed E-state index contributed by atoms with van der Waals surface area (Å²) >= 11 is 0. The number of hydrogen-bond donors (Lipinski definition) is 0. The Labute approximate surface area is 70.4 Å². The van der Waals surface area contributed by atoms with Crippen molar-refractivity contribution in [2.75, 3.05) is 13.1 Å². The van der Waals surface area contributed by atoms with Gasteiger partial charge in [0, 0.05) is 0 Å². The SMILES string of the molecule is [CH2-]CC1=NCCC[N-]1.[W+2]. The Morgan fingerprint density at radius 3 is 2.78 bits per heavy atom. The smallest absolute Gasteiger partial charge is 0.472 e. The molecule has 0 amide bonds. The third-order valence-electron chi connectivity index (χ3n) is 1.13. The van der Waals surface area contributed by atoms with E-state index in [1.807, 2.05) is 0 Å². The fourth-order valence-electron chi connectivity index (χ4n) is 0.695. The van der Waals surface area contributed by atoms with Gasteiger partial charge in [0.2, 0.25) is 0 Å². The Balaban J connectivity index is 0.000000640. The van der Waals surface area contributed by atoms with Gasteiger partial charge >= 0.3 is 21.1 Å². The summed E-state index contributed by atoms with van der Waals surface area (Å²) in [7, 11) is 0. The minimum absolute atomic E-state index is 0. The Morgan fingerprint density at radius 1 is 1.67 bits per heavy atom. The molecule has 0 fully saturated rings. The van der Waals surface area contributed by atoms with Crippen molar-refractivity contribution in [3.8, 4) is 0 Å². The number of hydrogen-bond acceptors (Lipinski definition) is 1. The molecule has 1 aliphatic rings. The van der Waals surface area contributed by atoms with E-state index in [9.17, 15) is 0 Å². The minimum Gasteiger partial charge on any atom is -0.472 e. The average Bonchev–Trinajstić information content (AvgIpc) is 1.90. The molecule has 1 rings (SSSR count). The maximum atomic E-state index is 4.14. The molecule has 0 aromatic rings. The quantitative estimate of drug-likeness (QED) is 0.653. The summed E-state index contributed by atoms with van der Waals surface area (Å²) in [5.74, 6) is 0.941. The molecule has 0 aliphatic carbocycles. The van der Waals surface area contributed by atoms with Crippen molar-refractivity contribution in [1.29, 1.82) is 0 Å². The molecule has 0 aromatic carbocycles. The normalized spacial score (nSPS) is 17.2. The minimum atomic E-state index is 0. The van der Waals surface area contributed by atoms with E-state index >= 15 is 0 Å². The standard InChI is InChI=1S/C6H10N2.W/c1-2-6-7-4-3-5-8-6;/h1-5H2;/q-2;+2. The van der Waals surface area contributed by atoms with E-state index in [1.165, 1.54) is 0 Å². The molecule has 0 bridgehead atoms. The van der Waals surface area contributed by atoms with Crippen LogP contribution in [-0.2, 0) is 21.1 Å². The van der Waals surface area contributed by atoms with Gasteiger partial charge in [-0.15, -0.1) is 5.84 Å². The first-order valence-corrected chi connectivity index (χ1v) is 2.93. The van der Waals surface area contributed by atoms with Crippen LogP contribution in [0.3, 0.4) is 0 Å². The van der Waals surface area contributed by atoms with Crippen LogP contribution in [-0.4, -0.2) is 18.9 Å².